The lowest BCUT2D eigenvalue weighted by atomic mass is 9.76. The molecular weight excluding hydrogens is 606 g/mol. The van der Waals surface area contributed by atoms with Crippen molar-refractivity contribution in [3.05, 3.63) is 65.7 Å². The van der Waals surface area contributed by atoms with Crippen LogP contribution < -0.4 is 5.32 Å². The molecule has 1 unspecified atom stereocenters. The second-order valence-electron chi connectivity index (χ2n) is 12.9. The molecule has 236 valence electrons. The van der Waals surface area contributed by atoms with Crippen LogP contribution >= 0.6 is 12.4 Å². The van der Waals surface area contributed by atoms with Crippen molar-refractivity contribution in [2.75, 3.05) is 39.0 Å². The van der Waals surface area contributed by atoms with Gasteiger partial charge in [-0.15, -0.1) is 12.4 Å². The average molecular weight is 650 g/mol. The van der Waals surface area contributed by atoms with Gasteiger partial charge in [0, 0.05) is 57.4 Å². The summed E-state index contributed by atoms with van der Waals surface area (Å²) in [6.07, 6.45) is 6.77. The molecule has 3 atom stereocenters. The summed E-state index contributed by atoms with van der Waals surface area (Å²) in [5, 5.41) is 2.70. The molecule has 43 heavy (non-hydrogen) atoms. The third kappa shape index (κ3) is 6.41. The molecule has 3 heterocycles. The van der Waals surface area contributed by atoms with Crippen molar-refractivity contribution in [2.45, 2.75) is 72.9 Å². The Hall–Kier alpha value is -1.98. The molecule has 8 nitrogen and oxygen atoms in total. The topological polar surface area (TPSA) is 104 Å². The van der Waals surface area contributed by atoms with E-state index < -0.39 is 30.5 Å². The Morgan fingerprint density at radius 2 is 1.51 bits per heavy atom. The van der Waals surface area contributed by atoms with E-state index in [2.05, 4.69) is 22.3 Å². The zero-order valence-electron chi connectivity index (χ0n) is 24.9. The molecule has 1 N–H and O–H groups in total. The highest BCUT2D eigenvalue weighted by atomic mass is 35.5. The highest BCUT2D eigenvalue weighted by Gasteiger charge is 2.53. The van der Waals surface area contributed by atoms with Gasteiger partial charge in [0.25, 0.3) is 0 Å². The van der Waals surface area contributed by atoms with Gasteiger partial charge in [-0.25, -0.2) is 16.8 Å². The SMILES string of the molecule is CS(=O)(=O)c1ccc(CN2CCC3(CCN(C([C@@H]4CNC[C@@H]4c4ccccc4)S(=O)(=O)C4CCCC4)CC3)C2=O)cc1.Cl. The lowest BCUT2D eigenvalue weighted by Gasteiger charge is -2.44. The monoisotopic (exact) mass is 649 g/mol. The van der Waals surface area contributed by atoms with Gasteiger partial charge in [0.1, 0.15) is 5.37 Å². The molecule has 2 aromatic rings. The third-order valence-electron chi connectivity index (χ3n) is 10.4. The second kappa shape index (κ2) is 12.8. The Morgan fingerprint density at radius 3 is 2.14 bits per heavy atom. The van der Waals surface area contributed by atoms with E-state index in [0.717, 1.165) is 44.2 Å². The van der Waals surface area contributed by atoms with E-state index in [1.54, 1.807) is 24.3 Å². The molecule has 1 aliphatic carbocycles. The first-order chi connectivity index (χ1) is 20.1. The van der Waals surface area contributed by atoms with E-state index >= 15 is 0 Å². The third-order valence-corrected chi connectivity index (χ3v) is 14.2. The Balaban J connectivity index is 0.00000368. The fourth-order valence-corrected chi connectivity index (χ4v) is 11.4. The van der Waals surface area contributed by atoms with Gasteiger partial charge < -0.3 is 10.2 Å². The number of hydrogen-bond donors (Lipinski definition) is 1. The van der Waals surface area contributed by atoms with Crippen molar-refractivity contribution in [3.63, 3.8) is 0 Å². The first-order valence-corrected chi connectivity index (χ1v) is 18.9. The molecule has 4 fully saturated rings. The van der Waals surface area contributed by atoms with Crippen LogP contribution in [0.1, 0.15) is 62.0 Å². The van der Waals surface area contributed by atoms with Crippen LogP contribution in [0.2, 0.25) is 0 Å². The van der Waals surface area contributed by atoms with Gasteiger partial charge in [0.15, 0.2) is 19.7 Å². The van der Waals surface area contributed by atoms with Gasteiger partial charge in [-0.1, -0.05) is 55.3 Å². The fraction of sp³-hybridized carbons (Fsp3) is 0.594. The van der Waals surface area contributed by atoms with Gasteiger partial charge in [-0.2, -0.15) is 0 Å². The number of halogens is 1. The number of carbonyl (C=O) groups excluding carboxylic acids is 1. The van der Waals surface area contributed by atoms with E-state index in [1.165, 1.54) is 11.8 Å². The Kier molecular flexibility index (Phi) is 9.64. The summed E-state index contributed by atoms with van der Waals surface area (Å²) in [5.41, 5.74) is 1.66. The number of likely N-dealkylation sites (tertiary alicyclic amines) is 2. The molecule has 1 amide bonds. The largest absolute Gasteiger partial charge is 0.338 e. The smallest absolute Gasteiger partial charge is 0.229 e. The van der Waals surface area contributed by atoms with E-state index in [4.69, 9.17) is 0 Å². The molecule has 3 saturated heterocycles. The van der Waals surface area contributed by atoms with Crippen LogP contribution in [0.25, 0.3) is 0 Å². The van der Waals surface area contributed by atoms with Crippen molar-refractivity contribution in [1.82, 2.24) is 15.1 Å². The number of piperidine rings is 1. The van der Waals surface area contributed by atoms with Crippen LogP contribution in [0.15, 0.2) is 59.5 Å². The van der Waals surface area contributed by atoms with Crippen LogP contribution in [-0.4, -0.2) is 82.1 Å². The lowest BCUT2D eigenvalue weighted by molar-refractivity contribution is -0.139. The second-order valence-corrected chi connectivity index (χ2v) is 17.3. The molecule has 1 saturated carbocycles. The average Bonchev–Trinajstić information content (AvgIpc) is 3.74. The summed E-state index contributed by atoms with van der Waals surface area (Å²) in [4.78, 5) is 18.2. The van der Waals surface area contributed by atoms with E-state index in [-0.39, 0.29) is 40.3 Å². The van der Waals surface area contributed by atoms with Crippen LogP contribution in [-0.2, 0) is 31.0 Å². The molecule has 11 heteroatoms. The van der Waals surface area contributed by atoms with Crippen molar-refractivity contribution >= 4 is 38.0 Å². The number of amides is 1. The normalized spacial score (nSPS) is 25.7. The van der Waals surface area contributed by atoms with Crippen LogP contribution in [0.4, 0.5) is 0 Å². The minimum absolute atomic E-state index is 0. The first-order valence-electron chi connectivity index (χ1n) is 15.4. The zero-order chi connectivity index (χ0) is 29.5. The van der Waals surface area contributed by atoms with Gasteiger partial charge in [-0.3, -0.25) is 9.69 Å². The molecule has 0 bridgehead atoms. The summed E-state index contributed by atoms with van der Waals surface area (Å²) >= 11 is 0. The fourth-order valence-electron chi connectivity index (χ4n) is 7.98. The van der Waals surface area contributed by atoms with Gasteiger partial charge in [0.2, 0.25) is 5.91 Å². The predicted molar refractivity (Wildman–Crippen MR) is 171 cm³/mol. The molecule has 0 radical (unpaired) electrons. The maximum Gasteiger partial charge on any atom is 0.229 e. The number of nitrogens with zero attached hydrogens (tertiary/aromatic N) is 2. The van der Waals surface area contributed by atoms with Gasteiger partial charge >= 0.3 is 0 Å². The summed E-state index contributed by atoms with van der Waals surface area (Å²) in [7, 11) is -6.66. The number of carbonyl (C=O) groups is 1. The van der Waals surface area contributed by atoms with Gasteiger partial charge in [0.05, 0.1) is 15.6 Å². The highest BCUT2D eigenvalue weighted by molar-refractivity contribution is 7.92. The summed E-state index contributed by atoms with van der Waals surface area (Å²) < 4.78 is 52.3. The van der Waals surface area contributed by atoms with Crippen LogP contribution in [0.5, 0.6) is 0 Å². The number of sulfone groups is 2. The predicted octanol–water partition coefficient (Wildman–Crippen LogP) is 4.01. The van der Waals surface area contributed by atoms with E-state index in [0.29, 0.717) is 45.6 Å². The highest BCUT2D eigenvalue weighted by Crippen LogP contribution is 2.45. The van der Waals surface area contributed by atoms with Crippen molar-refractivity contribution < 1.29 is 21.6 Å². The van der Waals surface area contributed by atoms with Gasteiger partial charge in [-0.05, 0) is 55.4 Å². The molecule has 3 aliphatic heterocycles. The zero-order valence-corrected chi connectivity index (χ0v) is 27.3. The quantitative estimate of drug-likeness (QED) is 0.461. The number of hydrogen-bond acceptors (Lipinski definition) is 7. The summed E-state index contributed by atoms with van der Waals surface area (Å²) in [6, 6.07) is 17.1. The summed E-state index contributed by atoms with van der Waals surface area (Å²) in [5.74, 6) is 0.257. The molecule has 4 aliphatic rings. The minimum atomic E-state index is -3.39. The Labute approximate surface area is 262 Å². The van der Waals surface area contributed by atoms with Crippen molar-refractivity contribution in [3.8, 4) is 0 Å². The maximum atomic E-state index is 14.3. The molecular formula is C32H44ClN3O5S2. The summed E-state index contributed by atoms with van der Waals surface area (Å²) in [6.45, 7) is 3.80. The number of benzene rings is 2. The first kappa shape index (κ1) is 32.4. The van der Waals surface area contributed by atoms with E-state index in [9.17, 15) is 21.6 Å². The maximum absolute atomic E-state index is 14.3. The number of nitrogens with one attached hydrogen (secondary N) is 1. The molecule has 6 rings (SSSR count). The van der Waals surface area contributed by atoms with Crippen LogP contribution in [0.3, 0.4) is 0 Å². The van der Waals surface area contributed by atoms with Crippen molar-refractivity contribution in [1.29, 1.82) is 0 Å². The molecule has 0 aromatic heterocycles. The standard InChI is InChI=1S/C32H43N3O5S2.ClH/c1-41(37,38)26-13-11-24(12-14-26)23-35-20-17-32(31(35)36)15-18-34(19-16-32)30(42(39,40)27-9-5-6-10-27)29-22-33-21-28(29)25-7-3-2-4-8-25;/h2-4,7-8,11-14,27-30,33H,5-6,9-10,15-23H2,1H3;1H/t28-,29-,30?;/m1./s1. The van der Waals surface area contributed by atoms with Crippen LogP contribution in [0, 0.1) is 11.3 Å². The lowest BCUT2D eigenvalue weighted by Crippen LogP contribution is -2.55. The van der Waals surface area contributed by atoms with E-state index in [1.807, 2.05) is 23.1 Å². The molecule has 1 spiro atoms. The minimum Gasteiger partial charge on any atom is -0.338 e. The molecule has 2 aromatic carbocycles. The van der Waals surface area contributed by atoms with Crippen molar-refractivity contribution in [2.24, 2.45) is 11.3 Å². The Morgan fingerprint density at radius 1 is 0.884 bits per heavy atom. The Bertz CT molecular complexity index is 1490. The number of rotatable bonds is 8.